The van der Waals surface area contributed by atoms with E-state index in [0.717, 1.165) is 30.4 Å². The lowest BCUT2D eigenvalue weighted by Crippen LogP contribution is -1.88. The van der Waals surface area contributed by atoms with Crippen LogP contribution in [0.3, 0.4) is 0 Å². The highest BCUT2D eigenvalue weighted by atomic mass is 35.5. The third-order valence-electron chi connectivity index (χ3n) is 2.23. The van der Waals surface area contributed by atoms with E-state index in [1.54, 1.807) is 0 Å². The quantitative estimate of drug-likeness (QED) is 0.543. The Hall–Kier alpha value is -1.08. The first kappa shape index (κ1) is 12.0. The van der Waals surface area contributed by atoms with Gasteiger partial charge in [0.05, 0.1) is 0 Å². The van der Waals surface area contributed by atoms with Gasteiger partial charge in [-0.2, -0.15) is 0 Å². The fourth-order valence-electron chi connectivity index (χ4n) is 1.46. The molecule has 2 heteroatoms. The number of unbranched alkanes of at least 4 members (excludes halogenated alkanes) is 1. The molecule has 0 saturated carbocycles. The Balaban J connectivity index is 2.86. The molecular weight excluding hydrogens is 208 g/mol. The largest absolute Gasteiger partial charge is 0.276 e. The molecule has 0 heterocycles. The van der Waals surface area contributed by atoms with Gasteiger partial charge in [-0.25, -0.2) is 0 Å². The van der Waals surface area contributed by atoms with Gasteiger partial charge >= 0.3 is 0 Å². The molecule has 0 aliphatic heterocycles. The van der Waals surface area contributed by atoms with Crippen LogP contribution in [0.4, 0.5) is 0 Å². The number of benzene rings is 1. The van der Waals surface area contributed by atoms with Gasteiger partial charge in [-0.15, -0.1) is 0 Å². The molecule has 0 amide bonds. The minimum absolute atomic E-state index is 0.398. The Morgan fingerprint density at radius 1 is 1.33 bits per heavy atom. The highest BCUT2D eigenvalue weighted by molar-refractivity contribution is 6.67. The second-order valence-corrected chi connectivity index (χ2v) is 3.82. The van der Waals surface area contributed by atoms with E-state index in [2.05, 4.69) is 6.92 Å². The highest BCUT2D eigenvalue weighted by Gasteiger charge is 2.02. The van der Waals surface area contributed by atoms with Gasteiger partial charge in [0.25, 0.3) is 0 Å². The van der Waals surface area contributed by atoms with Gasteiger partial charge in [-0.1, -0.05) is 43.7 Å². The molecule has 0 aliphatic carbocycles. The Bertz CT molecular complexity index is 341. The van der Waals surface area contributed by atoms with Crippen LogP contribution in [0.15, 0.2) is 36.4 Å². The average Bonchev–Trinajstić information content (AvgIpc) is 2.25. The van der Waals surface area contributed by atoms with Gasteiger partial charge in [0.2, 0.25) is 5.24 Å². The molecule has 15 heavy (non-hydrogen) atoms. The van der Waals surface area contributed by atoms with Crippen molar-refractivity contribution in [3.05, 3.63) is 42.0 Å². The van der Waals surface area contributed by atoms with Crippen LogP contribution in [0.1, 0.15) is 31.7 Å². The summed E-state index contributed by atoms with van der Waals surface area (Å²) in [6.07, 6.45) is 4.61. The van der Waals surface area contributed by atoms with Crippen LogP contribution >= 0.6 is 11.6 Å². The molecule has 0 aromatic heterocycles. The number of carbonyl (C=O) groups is 1. The summed E-state index contributed by atoms with van der Waals surface area (Å²) in [4.78, 5) is 10.9. The maximum absolute atomic E-state index is 10.9. The highest BCUT2D eigenvalue weighted by Crippen LogP contribution is 2.20. The Labute approximate surface area is 95.8 Å². The summed E-state index contributed by atoms with van der Waals surface area (Å²) >= 11 is 5.39. The molecule has 0 unspecified atom stereocenters. The lowest BCUT2D eigenvalue weighted by Gasteiger charge is -2.05. The van der Waals surface area contributed by atoms with Gasteiger partial charge in [-0.3, -0.25) is 4.79 Å². The fraction of sp³-hybridized carbons (Fsp3) is 0.308. The van der Waals surface area contributed by atoms with E-state index < -0.39 is 5.24 Å². The minimum Gasteiger partial charge on any atom is -0.276 e. The molecule has 0 N–H and O–H groups in total. The zero-order valence-corrected chi connectivity index (χ0v) is 9.63. The van der Waals surface area contributed by atoms with E-state index in [1.165, 1.54) is 6.08 Å². The van der Waals surface area contributed by atoms with Crippen LogP contribution in [0.2, 0.25) is 0 Å². The van der Waals surface area contributed by atoms with Crippen LogP contribution < -0.4 is 0 Å². The smallest absolute Gasteiger partial charge is 0.245 e. The van der Waals surface area contributed by atoms with Crippen molar-refractivity contribution in [2.75, 3.05) is 0 Å². The fourth-order valence-corrected chi connectivity index (χ4v) is 1.59. The Morgan fingerprint density at radius 3 is 2.53 bits per heavy atom. The Kier molecular flexibility index (Phi) is 5.13. The monoisotopic (exact) mass is 222 g/mol. The van der Waals surface area contributed by atoms with Crippen molar-refractivity contribution in [3.63, 3.8) is 0 Å². The standard InChI is InChI=1S/C13H15ClO/c1-2-3-7-12(10-13(14)15)11-8-5-4-6-9-11/h4-6,8-10H,2-3,7H2,1H3. The SMILES string of the molecule is CCCCC(=CC(=O)Cl)c1ccccc1. The van der Waals surface area contributed by atoms with E-state index in [1.807, 2.05) is 30.3 Å². The lowest BCUT2D eigenvalue weighted by molar-refractivity contribution is -0.107. The van der Waals surface area contributed by atoms with Gasteiger partial charge in [0.1, 0.15) is 0 Å². The first-order chi connectivity index (χ1) is 7.24. The second-order valence-electron chi connectivity index (χ2n) is 3.44. The van der Waals surface area contributed by atoms with Gasteiger partial charge in [-0.05, 0) is 35.6 Å². The number of halogens is 1. The first-order valence-electron chi connectivity index (χ1n) is 5.19. The molecule has 0 atom stereocenters. The molecule has 0 radical (unpaired) electrons. The van der Waals surface area contributed by atoms with E-state index in [4.69, 9.17) is 11.6 Å². The van der Waals surface area contributed by atoms with Crippen molar-refractivity contribution < 1.29 is 4.79 Å². The lowest BCUT2D eigenvalue weighted by atomic mass is 10.0. The summed E-state index contributed by atoms with van der Waals surface area (Å²) in [6.45, 7) is 2.13. The van der Waals surface area contributed by atoms with Gasteiger partial charge in [0.15, 0.2) is 0 Å². The van der Waals surface area contributed by atoms with Crippen molar-refractivity contribution in [1.29, 1.82) is 0 Å². The maximum Gasteiger partial charge on any atom is 0.245 e. The number of hydrogen-bond donors (Lipinski definition) is 0. The third kappa shape index (κ3) is 4.30. The van der Waals surface area contributed by atoms with Crippen molar-refractivity contribution in [3.8, 4) is 0 Å². The van der Waals surface area contributed by atoms with Crippen molar-refractivity contribution in [2.45, 2.75) is 26.2 Å². The molecule has 1 rings (SSSR count). The maximum atomic E-state index is 10.9. The summed E-state index contributed by atoms with van der Waals surface area (Å²) in [5.74, 6) is 0. The molecule has 80 valence electrons. The van der Waals surface area contributed by atoms with Crippen molar-refractivity contribution in [1.82, 2.24) is 0 Å². The molecule has 0 spiro atoms. The third-order valence-corrected chi connectivity index (χ3v) is 2.34. The number of carbonyl (C=O) groups excluding carboxylic acids is 1. The van der Waals surface area contributed by atoms with E-state index >= 15 is 0 Å². The molecule has 1 aromatic rings. The second kappa shape index (κ2) is 6.41. The molecule has 0 saturated heterocycles. The number of allylic oxidation sites excluding steroid dienone is 2. The zero-order chi connectivity index (χ0) is 11.1. The number of rotatable bonds is 5. The summed E-state index contributed by atoms with van der Waals surface area (Å²) in [5.41, 5.74) is 2.11. The molecular formula is C13H15ClO. The van der Waals surface area contributed by atoms with Gasteiger partial charge in [0, 0.05) is 6.08 Å². The van der Waals surface area contributed by atoms with Crippen molar-refractivity contribution in [2.24, 2.45) is 0 Å². The molecule has 0 aliphatic rings. The van der Waals surface area contributed by atoms with Crippen LogP contribution in [0.25, 0.3) is 5.57 Å². The molecule has 1 nitrogen and oxygen atoms in total. The normalized spacial score (nSPS) is 11.5. The molecule has 0 bridgehead atoms. The van der Waals surface area contributed by atoms with Crippen LogP contribution in [0.5, 0.6) is 0 Å². The summed E-state index contributed by atoms with van der Waals surface area (Å²) in [6, 6.07) is 9.90. The van der Waals surface area contributed by atoms with Crippen molar-refractivity contribution >= 4 is 22.4 Å². The van der Waals surface area contributed by atoms with Crippen LogP contribution in [0, 0.1) is 0 Å². The van der Waals surface area contributed by atoms with Crippen LogP contribution in [-0.2, 0) is 4.79 Å². The predicted molar refractivity (Wildman–Crippen MR) is 64.8 cm³/mol. The summed E-state index contributed by atoms with van der Waals surface area (Å²) in [7, 11) is 0. The minimum atomic E-state index is -0.398. The zero-order valence-electron chi connectivity index (χ0n) is 8.87. The first-order valence-corrected chi connectivity index (χ1v) is 5.57. The van der Waals surface area contributed by atoms with Crippen LogP contribution in [-0.4, -0.2) is 5.24 Å². The molecule has 1 aromatic carbocycles. The Morgan fingerprint density at radius 2 is 2.00 bits per heavy atom. The topological polar surface area (TPSA) is 17.1 Å². The van der Waals surface area contributed by atoms with E-state index in [0.29, 0.717) is 0 Å². The van der Waals surface area contributed by atoms with E-state index in [9.17, 15) is 4.79 Å². The average molecular weight is 223 g/mol. The molecule has 0 fully saturated rings. The summed E-state index contributed by atoms with van der Waals surface area (Å²) in [5, 5.41) is -0.398. The number of hydrogen-bond acceptors (Lipinski definition) is 1. The van der Waals surface area contributed by atoms with Gasteiger partial charge < -0.3 is 0 Å². The summed E-state index contributed by atoms with van der Waals surface area (Å²) < 4.78 is 0. The predicted octanol–water partition coefficient (Wildman–Crippen LogP) is 4.03. The van der Waals surface area contributed by atoms with E-state index in [-0.39, 0.29) is 0 Å².